The van der Waals surface area contributed by atoms with Crippen molar-refractivity contribution in [2.45, 2.75) is 18.4 Å². The Kier molecular flexibility index (Phi) is 4.74. The molecule has 0 spiro atoms. The zero-order valence-electron chi connectivity index (χ0n) is 10.8. The highest BCUT2D eigenvalue weighted by atomic mass is 79.9. The Labute approximate surface area is 129 Å². The Hall–Kier alpha value is -1.03. The van der Waals surface area contributed by atoms with E-state index in [0.717, 1.165) is 9.88 Å². The van der Waals surface area contributed by atoms with Gasteiger partial charge in [-0.05, 0) is 28.9 Å². The number of nitrogens with zero attached hydrogens (tertiary/aromatic N) is 2. The summed E-state index contributed by atoms with van der Waals surface area (Å²) in [6.45, 7) is 2.09. The maximum atomic E-state index is 12.3. The second kappa shape index (κ2) is 6.17. The summed E-state index contributed by atoms with van der Waals surface area (Å²) in [4.78, 5) is 9.09. The minimum atomic E-state index is -3.64. The molecule has 0 saturated carbocycles. The van der Waals surface area contributed by atoms with Crippen molar-refractivity contribution >= 4 is 43.1 Å². The van der Waals surface area contributed by atoms with Gasteiger partial charge in [-0.3, -0.25) is 0 Å². The molecule has 108 valence electrons. The second-order valence-electron chi connectivity index (χ2n) is 3.92. The molecular formula is C11H13BrN4O2S2. The highest BCUT2D eigenvalue weighted by Crippen LogP contribution is 2.23. The topological polar surface area (TPSA) is 84.0 Å². The van der Waals surface area contributed by atoms with Gasteiger partial charge in [-0.2, -0.15) is 0 Å². The number of hydrogen-bond donors (Lipinski definition) is 2. The largest absolute Gasteiger partial charge is 0.372 e. The molecular weight excluding hydrogens is 364 g/mol. The quantitative estimate of drug-likeness (QED) is 0.834. The minimum absolute atomic E-state index is 0.107. The summed E-state index contributed by atoms with van der Waals surface area (Å²) >= 11 is 4.69. The zero-order chi connectivity index (χ0) is 14.8. The molecule has 0 fully saturated rings. The van der Waals surface area contributed by atoms with Crippen molar-refractivity contribution in [2.75, 3.05) is 12.4 Å². The molecule has 0 aliphatic heterocycles. The number of nitrogens with one attached hydrogen (secondary N) is 2. The third-order valence-electron chi connectivity index (χ3n) is 2.45. The maximum Gasteiger partial charge on any atom is 0.244 e. The standard InChI is InChI=1S/C11H13BrN4O2S2/c1-7-14-5-9(19-7)6-16-20(17,18)10-3-8(12)4-15-11(10)13-2/h3-5,16H,6H2,1-2H3,(H,13,15). The molecule has 2 N–H and O–H groups in total. The maximum absolute atomic E-state index is 12.3. The minimum Gasteiger partial charge on any atom is -0.372 e. The number of sulfonamides is 1. The molecule has 0 bridgehead atoms. The number of aryl methyl sites for hydroxylation is 1. The zero-order valence-corrected chi connectivity index (χ0v) is 14.1. The lowest BCUT2D eigenvalue weighted by atomic mass is 10.4. The summed E-state index contributed by atoms with van der Waals surface area (Å²) in [5, 5.41) is 3.67. The van der Waals surface area contributed by atoms with Gasteiger partial charge in [0, 0.05) is 35.3 Å². The Morgan fingerprint density at radius 2 is 2.10 bits per heavy atom. The normalized spacial score (nSPS) is 11.6. The van der Waals surface area contributed by atoms with Crippen LogP contribution in [0.15, 0.2) is 27.8 Å². The van der Waals surface area contributed by atoms with E-state index < -0.39 is 10.0 Å². The lowest BCUT2D eigenvalue weighted by Gasteiger charge is -2.10. The smallest absolute Gasteiger partial charge is 0.244 e. The molecule has 2 aromatic heterocycles. The fraction of sp³-hybridized carbons (Fsp3) is 0.273. The van der Waals surface area contributed by atoms with Gasteiger partial charge < -0.3 is 5.32 Å². The van der Waals surface area contributed by atoms with Gasteiger partial charge in [0.25, 0.3) is 0 Å². The number of thiazole rings is 1. The van der Waals surface area contributed by atoms with Crippen LogP contribution in [0.4, 0.5) is 5.82 Å². The number of rotatable bonds is 5. The average molecular weight is 377 g/mol. The van der Waals surface area contributed by atoms with Crippen molar-refractivity contribution < 1.29 is 8.42 Å². The van der Waals surface area contributed by atoms with Crippen molar-refractivity contribution in [1.29, 1.82) is 0 Å². The van der Waals surface area contributed by atoms with Crippen LogP contribution in [0, 0.1) is 6.92 Å². The molecule has 2 rings (SSSR count). The van der Waals surface area contributed by atoms with Crippen LogP contribution < -0.4 is 10.0 Å². The predicted octanol–water partition coefficient (Wildman–Crippen LogP) is 2.13. The van der Waals surface area contributed by atoms with E-state index in [1.165, 1.54) is 23.6 Å². The van der Waals surface area contributed by atoms with E-state index in [0.29, 0.717) is 10.3 Å². The van der Waals surface area contributed by atoms with Crippen LogP contribution in [-0.4, -0.2) is 25.4 Å². The highest BCUT2D eigenvalue weighted by molar-refractivity contribution is 9.10. The Balaban J connectivity index is 2.24. The van der Waals surface area contributed by atoms with E-state index in [4.69, 9.17) is 0 Å². The monoisotopic (exact) mass is 376 g/mol. The Morgan fingerprint density at radius 3 is 2.70 bits per heavy atom. The lowest BCUT2D eigenvalue weighted by molar-refractivity contribution is 0.581. The molecule has 6 nitrogen and oxygen atoms in total. The van der Waals surface area contributed by atoms with Gasteiger partial charge >= 0.3 is 0 Å². The van der Waals surface area contributed by atoms with Gasteiger partial charge in [0.05, 0.1) is 5.01 Å². The van der Waals surface area contributed by atoms with Crippen LogP contribution in [0.5, 0.6) is 0 Å². The summed E-state index contributed by atoms with van der Waals surface area (Å²) in [5.41, 5.74) is 0. The SMILES string of the molecule is CNc1ncc(Br)cc1S(=O)(=O)NCc1cnc(C)s1. The summed E-state index contributed by atoms with van der Waals surface area (Å²) in [6, 6.07) is 1.51. The van der Waals surface area contributed by atoms with Crippen molar-refractivity contribution in [3.63, 3.8) is 0 Å². The summed E-state index contributed by atoms with van der Waals surface area (Å²) in [5.74, 6) is 0.307. The Morgan fingerprint density at radius 1 is 1.35 bits per heavy atom. The number of anilines is 1. The average Bonchev–Trinajstić information content (AvgIpc) is 2.82. The Bertz CT molecular complexity index is 715. The first kappa shape index (κ1) is 15.4. The van der Waals surface area contributed by atoms with Crippen LogP contribution in [0.2, 0.25) is 0 Å². The number of pyridine rings is 1. The van der Waals surface area contributed by atoms with Gasteiger partial charge in [-0.15, -0.1) is 11.3 Å². The highest BCUT2D eigenvalue weighted by Gasteiger charge is 2.19. The van der Waals surface area contributed by atoms with E-state index in [-0.39, 0.29) is 11.4 Å². The number of hydrogen-bond acceptors (Lipinski definition) is 6. The molecule has 20 heavy (non-hydrogen) atoms. The lowest BCUT2D eigenvalue weighted by Crippen LogP contribution is -2.24. The van der Waals surface area contributed by atoms with Crippen molar-refractivity contribution in [3.8, 4) is 0 Å². The molecule has 9 heteroatoms. The summed E-state index contributed by atoms with van der Waals surface area (Å²) in [7, 11) is -2.01. The van der Waals surface area contributed by atoms with Gasteiger partial charge in [0.2, 0.25) is 10.0 Å². The third kappa shape index (κ3) is 3.54. The third-order valence-corrected chi connectivity index (χ3v) is 5.21. The van der Waals surface area contributed by atoms with Gasteiger partial charge in [-0.1, -0.05) is 0 Å². The van der Waals surface area contributed by atoms with Crippen LogP contribution in [0.25, 0.3) is 0 Å². The molecule has 0 saturated heterocycles. The predicted molar refractivity (Wildman–Crippen MR) is 82.4 cm³/mol. The van der Waals surface area contributed by atoms with Gasteiger partial charge in [0.1, 0.15) is 10.7 Å². The van der Waals surface area contributed by atoms with E-state index >= 15 is 0 Å². The first-order valence-corrected chi connectivity index (χ1v) is 8.76. The molecule has 0 amide bonds. The first-order valence-electron chi connectivity index (χ1n) is 5.66. The van der Waals surface area contributed by atoms with Crippen molar-refractivity contribution in [2.24, 2.45) is 0 Å². The number of aromatic nitrogens is 2. The molecule has 0 aliphatic rings. The van der Waals surface area contributed by atoms with Crippen LogP contribution in [-0.2, 0) is 16.6 Å². The van der Waals surface area contributed by atoms with Crippen molar-refractivity contribution in [1.82, 2.24) is 14.7 Å². The molecule has 2 heterocycles. The second-order valence-corrected chi connectivity index (χ2v) is 7.89. The molecule has 2 aromatic rings. The molecule has 0 atom stereocenters. The van der Waals surface area contributed by atoms with E-state index in [2.05, 4.69) is 35.9 Å². The van der Waals surface area contributed by atoms with Gasteiger partial charge in [0.15, 0.2) is 0 Å². The number of halogens is 1. The molecule has 0 aromatic carbocycles. The molecule has 0 radical (unpaired) electrons. The van der Waals surface area contributed by atoms with Crippen LogP contribution in [0.3, 0.4) is 0 Å². The fourth-order valence-electron chi connectivity index (χ4n) is 1.54. The van der Waals surface area contributed by atoms with Crippen LogP contribution >= 0.6 is 27.3 Å². The van der Waals surface area contributed by atoms with E-state index in [1.54, 1.807) is 13.2 Å². The van der Waals surface area contributed by atoms with Gasteiger partial charge in [-0.25, -0.2) is 23.1 Å². The fourth-order valence-corrected chi connectivity index (χ4v) is 4.05. The van der Waals surface area contributed by atoms with E-state index in [1.807, 2.05) is 6.92 Å². The van der Waals surface area contributed by atoms with E-state index in [9.17, 15) is 8.42 Å². The molecule has 0 aliphatic carbocycles. The van der Waals surface area contributed by atoms with Crippen molar-refractivity contribution in [3.05, 3.63) is 32.8 Å². The van der Waals surface area contributed by atoms with Crippen LogP contribution in [0.1, 0.15) is 9.88 Å². The summed E-state index contributed by atoms with van der Waals surface area (Å²) in [6.07, 6.45) is 3.21. The summed E-state index contributed by atoms with van der Waals surface area (Å²) < 4.78 is 27.8. The first-order chi connectivity index (χ1) is 9.42. The molecule has 0 unspecified atom stereocenters.